The number of carboxylic acid groups (broad SMARTS) is 1. The molecule has 0 aromatic heterocycles. The lowest BCUT2D eigenvalue weighted by Gasteiger charge is -2.42. The molecule has 0 bridgehead atoms. The molecule has 1 aliphatic carbocycles. The fraction of sp³-hybridized carbons (Fsp3) is 0.480. The largest absolute Gasteiger partial charge is 0.480 e. The maximum absolute atomic E-state index is 15.3. The Kier molecular flexibility index (Phi) is 6.76. The van der Waals surface area contributed by atoms with Crippen molar-refractivity contribution in [2.24, 2.45) is 11.1 Å². The summed E-state index contributed by atoms with van der Waals surface area (Å²) in [6, 6.07) is 6.74. The normalized spacial score (nSPS) is 29.2. The molecule has 1 saturated carbocycles. The molecule has 4 rings (SSSR count). The van der Waals surface area contributed by atoms with Crippen LogP contribution in [0.2, 0.25) is 10.0 Å². The van der Waals surface area contributed by atoms with Crippen LogP contribution in [0.25, 0.3) is 0 Å². The molecule has 2 aliphatic rings. The lowest BCUT2D eigenvalue weighted by atomic mass is 9.65. The summed E-state index contributed by atoms with van der Waals surface area (Å²) in [6.07, 6.45) is 5.78. The number of halogens is 4. The molecule has 1 heterocycles. The van der Waals surface area contributed by atoms with E-state index in [1.807, 2.05) is 0 Å². The SMILES string of the molecule is CC1(C[C@@H]2NC(C(=O)O)C(c3cccc(Cl)c3F)[C@@]2(N)c2ccc(Cl)cc2F)CCCCC1. The van der Waals surface area contributed by atoms with Gasteiger partial charge in [-0.3, -0.25) is 10.1 Å². The Bertz CT molecular complexity index is 1060. The number of benzene rings is 2. The van der Waals surface area contributed by atoms with Gasteiger partial charge in [0.2, 0.25) is 0 Å². The smallest absolute Gasteiger partial charge is 0.321 e. The number of rotatable bonds is 5. The van der Waals surface area contributed by atoms with E-state index in [1.165, 1.54) is 24.3 Å². The second kappa shape index (κ2) is 9.14. The van der Waals surface area contributed by atoms with Crippen molar-refractivity contribution in [2.75, 3.05) is 0 Å². The van der Waals surface area contributed by atoms with Gasteiger partial charge in [-0.2, -0.15) is 0 Å². The summed E-state index contributed by atoms with van der Waals surface area (Å²) in [4.78, 5) is 12.4. The zero-order valence-electron chi connectivity index (χ0n) is 18.4. The second-order valence-electron chi connectivity index (χ2n) is 9.79. The van der Waals surface area contributed by atoms with Crippen LogP contribution in [0.4, 0.5) is 8.78 Å². The fourth-order valence-corrected chi connectivity index (χ4v) is 6.22. The Morgan fingerprint density at radius 1 is 1.18 bits per heavy atom. The molecule has 2 aromatic rings. The standard InChI is InChI=1S/C25H28Cl2F2N2O2/c1-24(10-3-2-4-11-24)13-19-25(30,16-9-8-14(26)12-18(16)28)20(22(31-19)23(32)33)15-6-5-7-17(27)21(15)29/h5-9,12,19-20,22,31H,2-4,10-11,13,30H2,1H3,(H,32,33)/t19-,20?,22?,25+/m0/s1. The van der Waals surface area contributed by atoms with Crippen LogP contribution < -0.4 is 11.1 Å². The van der Waals surface area contributed by atoms with Gasteiger partial charge in [0, 0.05) is 22.5 Å². The van der Waals surface area contributed by atoms with E-state index in [9.17, 15) is 9.90 Å². The summed E-state index contributed by atoms with van der Waals surface area (Å²) in [5.41, 5.74) is 5.58. The first kappa shape index (κ1) is 24.4. The van der Waals surface area contributed by atoms with Crippen molar-refractivity contribution in [1.29, 1.82) is 0 Å². The van der Waals surface area contributed by atoms with Crippen molar-refractivity contribution in [1.82, 2.24) is 5.32 Å². The molecule has 4 N–H and O–H groups in total. The summed E-state index contributed by atoms with van der Waals surface area (Å²) in [7, 11) is 0. The van der Waals surface area contributed by atoms with Gasteiger partial charge in [0.1, 0.15) is 17.7 Å². The Balaban J connectivity index is 1.91. The van der Waals surface area contributed by atoms with Crippen molar-refractivity contribution in [3.8, 4) is 0 Å². The van der Waals surface area contributed by atoms with Crippen molar-refractivity contribution in [3.63, 3.8) is 0 Å². The molecule has 2 fully saturated rings. The van der Waals surface area contributed by atoms with Crippen molar-refractivity contribution in [2.45, 2.75) is 69.0 Å². The summed E-state index contributed by atoms with van der Waals surface area (Å²) >= 11 is 12.0. The van der Waals surface area contributed by atoms with Crippen LogP contribution in [-0.4, -0.2) is 23.2 Å². The molecule has 8 heteroatoms. The monoisotopic (exact) mass is 496 g/mol. The lowest BCUT2D eigenvalue weighted by Crippen LogP contribution is -2.53. The van der Waals surface area contributed by atoms with Crippen LogP contribution >= 0.6 is 23.2 Å². The zero-order valence-corrected chi connectivity index (χ0v) is 19.9. The highest BCUT2D eigenvalue weighted by molar-refractivity contribution is 6.31. The van der Waals surface area contributed by atoms with E-state index in [4.69, 9.17) is 28.9 Å². The summed E-state index contributed by atoms with van der Waals surface area (Å²) in [5.74, 6) is -3.67. The average Bonchev–Trinajstić information content (AvgIpc) is 3.03. The zero-order chi connectivity index (χ0) is 24.0. The Labute approximate surface area is 202 Å². The van der Waals surface area contributed by atoms with Gasteiger partial charge in [-0.25, -0.2) is 8.78 Å². The molecule has 1 aliphatic heterocycles. The highest BCUT2D eigenvalue weighted by Gasteiger charge is 2.59. The molecule has 1 saturated heterocycles. The van der Waals surface area contributed by atoms with E-state index < -0.39 is 41.1 Å². The minimum absolute atomic E-state index is 0.0514. The average molecular weight is 497 g/mol. The number of hydrogen-bond acceptors (Lipinski definition) is 3. The highest BCUT2D eigenvalue weighted by atomic mass is 35.5. The number of hydrogen-bond donors (Lipinski definition) is 3. The molecular formula is C25H28Cl2F2N2O2. The van der Waals surface area contributed by atoms with E-state index in [1.54, 1.807) is 6.07 Å². The van der Waals surface area contributed by atoms with Crippen LogP contribution in [0.15, 0.2) is 36.4 Å². The van der Waals surface area contributed by atoms with Crippen molar-refractivity contribution >= 4 is 29.2 Å². The van der Waals surface area contributed by atoms with Gasteiger partial charge >= 0.3 is 5.97 Å². The molecule has 0 spiro atoms. The first-order valence-electron chi connectivity index (χ1n) is 11.2. The van der Waals surface area contributed by atoms with Gasteiger partial charge in [-0.05, 0) is 48.4 Å². The molecule has 178 valence electrons. The topological polar surface area (TPSA) is 75.3 Å². The minimum atomic E-state index is -1.55. The maximum atomic E-state index is 15.3. The Morgan fingerprint density at radius 3 is 2.52 bits per heavy atom. The van der Waals surface area contributed by atoms with Gasteiger partial charge in [0.25, 0.3) is 0 Å². The van der Waals surface area contributed by atoms with Gasteiger partial charge < -0.3 is 10.8 Å². The summed E-state index contributed by atoms with van der Waals surface area (Å²) in [6.45, 7) is 2.16. The van der Waals surface area contributed by atoms with E-state index in [0.29, 0.717) is 6.42 Å². The van der Waals surface area contributed by atoms with Crippen molar-refractivity contribution < 1.29 is 18.7 Å². The van der Waals surface area contributed by atoms with Gasteiger partial charge in [-0.15, -0.1) is 0 Å². The molecule has 2 unspecified atom stereocenters. The summed E-state index contributed by atoms with van der Waals surface area (Å²) < 4.78 is 30.6. The van der Waals surface area contributed by atoms with Gasteiger partial charge in [0.15, 0.2) is 0 Å². The first-order valence-corrected chi connectivity index (χ1v) is 12.0. The lowest BCUT2D eigenvalue weighted by molar-refractivity contribution is -0.139. The van der Waals surface area contributed by atoms with Gasteiger partial charge in [-0.1, -0.05) is 67.6 Å². The van der Waals surface area contributed by atoms with E-state index in [2.05, 4.69) is 12.2 Å². The molecule has 2 aromatic carbocycles. The number of nitrogens with two attached hydrogens (primary N) is 1. The number of aliphatic carboxylic acids is 1. The Hall–Kier alpha value is -1.73. The van der Waals surface area contributed by atoms with E-state index >= 15 is 8.78 Å². The fourth-order valence-electron chi connectivity index (χ4n) is 5.88. The van der Waals surface area contributed by atoms with E-state index in [0.717, 1.165) is 38.2 Å². The molecule has 4 nitrogen and oxygen atoms in total. The van der Waals surface area contributed by atoms with Gasteiger partial charge in [0.05, 0.1) is 10.6 Å². The van der Waals surface area contributed by atoms with Crippen LogP contribution in [0.3, 0.4) is 0 Å². The van der Waals surface area contributed by atoms with E-state index in [-0.39, 0.29) is 26.6 Å². The minimum Gasteiger partial charge on any atom is -0.480 e. The molecule has 4 atom stereocenters. The van der Waals surface area contributed by atoms with Crippen LogP contribution in [-0.2, 0) is 10.3 Å². The maximum Gasteiger partial charge on any atom is 0.321 e. The Morgan fingerprint density at radius 2 is 1.88 bits per heavy atom. The third-order valence-electron chi connectivity index (χ3n) is 7.54. The third-order valence-corrected chi connectivity index (χ3v) is 8.07. The predicted octanol–water partition coefficient (Wildman–Crippen LogP) is 5.99. The van der Waals surface area contributed by atoms with Crippen molar-refractivity contribution in [3.05, 3.63) is 69.2 Å². The molecular weight excluding hydrogens is 469 g/mol. The highest BCUT2D eigenvalue weighted by Crippen LogP contribution is 2.51. The number of carboxylic acids is 1. The first-order chi connectivity index (χ1) is 15.6. The molecule has 0 radical (unpaired) electrons. The third kappa shape index (κ3) is 4.39. The van der Waals surface area contributed by atoms with Crippen LogP contribution in [0, 0.1) is 17.0 Å². The second-order valence-corrected chi connectivity index (χ2v) is 10.6. The quantitative estimate of drug-likeness (QED) is 0.474. The molecule has 0 amide bonds. The number of nitrogens with one attached hydrogen (secondary N) is 1. The van der Waals surface area contributed by atoms with Crippen LogP contribution in [0.1, 0.15) is 62.5 Å². The van der Waals surface area contributed by atoms with Crippen LogP contribution in [0.5, 0.6) is 0 Å². The predicted molar refractivity (Wildman–Crippen MR) is 126 cm³/mol. The molecule has 33 heavy (non-hydrogen) atoms. The summed E-state index contributed by atoms with van der Waals surface area (Å²) in [5, 5.41) is 13.3. The number of carbonyl (C=O) groups is 1.